The van der Waals surface area contributed by atoms with Gasteiger partial charge in [0.1, 0.15) is 25.4 Å². The van der Waals surface area contributed by atoms with Gasteiger partial charge in [-0.15, -0.1) is 0 Å². The van der Waals surface area contributed by atoms with Crippen molar-refractivity contribution in [2.45, 2.75) is 40.2 Å². The Morgan fingerprint density at radius 3 is 1.62 bits per heavy atom. The first-order valence-corrected chi connectivity index (χ1v) is 12.4. The first-order chi connectivity index (χ1) is 17.3. The lowest BCUT2D eigenvalue weighted by atomic mass is 10.2. The molecule has 0 aliphatic carbocycles. The lowest BCUT2D eigenvalue weighted by Gasteiger charge is -2.34. The summed E-state index contributed by atoms with van der Waals surface area (Å²) in [6, 6.07) is 0. The third kappa shape index (κ3) is 14.1. The molecule has 1 rings (SSSR count). The van der Waals surface area contributed by atoms with Crippen LogP contribution in [-0.4, -0.2) is 116 Å². The van der Waals surface area contributed by atoms with Gasteiger partial charge in [0.2, 0.25) is 5.91 Å². The van der Waals surface area contributed by atoms with E-state index in [1.807, 2.05) is 9.80 Å². The predicted octanol–water partition coefficient (Wildman–Crippen LogP) is 0.701. The molecule has 2 amide bonds. The van der Waals surface area contributed by atoms with Crippen molar-refractivity contribution < 1.29 is 33.4 Å². The molecule has 0 unspecified atom stereocenters. The highest BCUT2D eigenvalue weighted by Crippen LogP contribution is 2.08. The van der Waals surface area contributed by atoms with Crippen LogP contribution in [0.25, 0.3) is 0 Å². The van der Waals surface area contributed by atoms with Gasteiger partial charge in [-0.05, 0) is 20.8 Å². The van der Waals surface area contributed by atoms with E-state index < -0.39 is 23.6 Å². The van der Waals surface area contributed by atoms with E-state index in [2.05, 4.69) is 23.8 Å². The standard InChI is InChI=1S/C25H43N5O7/c1-19(17-35-21(3)31)28-10-8-26-9-11-29(20(2)18-36-22(4)32)13-15-30(14-12-28)23(33)16-27-24(34)37-25(5,6)7/h26H,1-2,8-18H2,3-7H3,(H,27,34). The van der Waals surface area contributed by atoms with Crippen LogP contribution in [0.2, 0.25) is 0 Å². The molecule has 1 heterocycles. The van der Waals surface area contributed by atoms with Crippen molar-refractivity contribution in [3.8, 4) is 0 Å². The molecule has 12 nitrogen and oxygen atoms in total. The van der Waals surface area contributed by atoms with Crippen LogP contribution in [0.5, 0.6) is 0 Å². The van der Waals surface area contributed by atoms with Crippen LogP contribution >= 0.6 is 0 Å². The Hall–Kier alpha value is -3.28. The highest BCUT2D eigenvalue weighted by molar-refractivity contribution is 5.82. The number of nitrogens with zero attached hydrogens (tertiary/aromatic N) is 3. The van der Waals surface area contributed by atoms with E-state index in [1.165, 1.54) is 13.8 Å². The fraction of sp³-hybridized carbons (Fsp3) is 0.680. The minimum absolute atomic E-state index is 0.0627. The zero-order chi connectivity index (χ0) is 28.0. The second-order valence-corrected chi connectivity index (χ2v) is 9.65. The molecule has 2 N–H and O–H groups in total. The Labute approximate surface area is 219 Å². The van der Waals surface area contributed by atoms with Gasteiger partial charge in [-0.2, -0.15) is 0 Å². The SMILES string of the molecule is C=C(COC(C)=O)N1CCNCCN(C(=C)COC(C)=O)CCN(C(=O)CNC(=O)OC(C)(C)C)CC1. The van der Waals surface area contributed by atoms with Crippen molar-refractivity contribution in [2.24, 2.45) is 0 Å². The lowest BCUT2D eigenvalue weighted by molar-refractivity contribution is -0.141. The normalized spacial score (nSPS) is 15.5. The smallest absolute Gasteiger partial charge is 0.408 e. The van der Waals surface area contributed by atoms with E-state index in [0.717, 1.165) is 0 Å². The van der Waals surface area contributed by atoms with Gasteiger partial charge in [0.15, 0.2) is 0 Å². The average molecular weight is 526 g/mol. The van der Waals surface area contributed by atoms with Crippen molar-refractivity contribution in [3.05, 3.63) is 24.6 Å². The number of alkyl carbamates (subject to hydrolysis) is 1. The first-order valence-electron chi connectivity index (χ1n) is 12.4. The highest BCUT2D eigenvalue weighted by Gasteiger charge is 2.21. The fourth-order valence-electron chi connectivity index (χ4n) is 3.38. The van der Waals surface area contributed by atoms with Gasteiger partial charge in [0, 0.05) is 77.6 Å². The van der Waals surface area contributed by atoms with Crippen LogP contribution < -0.4 is 10.6 Å². The second kappa shape index (κ2) is 15.7. The van der Waals surface area contributed by atoms with Gasteiger partial charge in [0.05, 0.1) is 0 Å². The number of hydrogen-bond acceptors (Lipinski definition) is 10. The van der Waals surface area contributed by atoms with Crippen molar-refractivity contribution in [1.82, 2.24) is 25.3 Å². The van der Waals surface area contributed by atoms with E-state index in [1.54, 1.807) is 25.7 Å². The largest absolute Gasteiger partial charge is 0.459 e. The number of ether oxygens (including phenoxy) is 3. The second-order valence-electron chi connectivity index (χ2n) is 9.65. The Balaban J connectivity index is 2.94. The van der Waals surface area contributed by atoms with E-state index >= 15 is 0 Å². The third-order valence-electron chi connectivity index (χ3n) is 5.31. The molecule has 1 saturated heterocycles. The van der Waals surface area contributed by atoms with Crippen LogP contribution in [0, 0.1) is 0 Å². The summed E-state index contributed by atoms with van der Waals surface area (Å²) in [4.78, 5) is 53.2. The Bertz CT molecular complexity index is 781. The summed E-state index contributed by atoms with van der Waals surface area (Å²) in [5, 5.41) is 5.88. The number of amides is 2. The van der Waals surface area contributed by atoms with Crippen LogP contribution in [0.15, 0.2) is 24.6 Å². The molecular weight excluding hydrogens is 482 g/mol. The van der Waals surface area contributed by atoms with Crippen LogP contribution in [0.1, 0.15) is 34.6 Å². The monoisotopic (exact) mass is 525 g/mol. The number of nitrogens with one attached hydrogen (secondary N) is 2. The van der Waals surface area contributed by atoms with Crippen LogP contribution in [0.4, 0.5) is 4.79 Å². The van der Waals surface area contributed by atoms with Gasteiger partial charge in [-0.3, -0.25) is 14.4 Å². The highest BCUT2D eigenvalue weighted by atomic mass is 16.6. The molecule has 1 aliphatic rings. The van der Waals surface area contributed by atoms with E-state index in [0.29, 0.717) is 63.8 Å². The molecule has 1 aliphatic heterocycles. The molecule has 0 saturated carbocycles. The summed E-state index contributed by atoms with van der Waals surface area (Å²) < 4.78 is 15.4. The molecule has 0 aromatic heterocycles. The molecule has 210 valence electrons. The number of esters is 2. The summed E-state index contributed by atoms with van der Waals surface area (Å²) in [5.74, 6) is -1.07. The Morgan fingerprint density at radius 1 is 0.784 bits per heavy atom. The summed E-state index contributed by atoms with van der Waals surface area (Å²) in [7, 11) is 0. The molecule has 37 heavy (non-hydrogen) atoms. The zero-order valence-electron chi connectivity index (χ0n) is 22.9. The Kier molecular flexibility index (Phi) is 13.5. The molecule has 0 spiro atoms. The lowest BCUT2D eigenvalue weighted by Crippen LogP contribution is -2.49. The van der Waals surface area contributed by atoms with E-state index in [9.17, 15) is 19.2 Å². The van der Waals surface area contributed by atoms with Gasteiger partial charge in [-0.1, -0.05) is 13.2 Å². The number of hydrogen-bond donors (Lipinski definition) is 2. The van der Waals surface area contributed by atoms with Crippen molar-refractivity contribution >= 4 is 23.9 Å². The first kappa shape index (κ1) is 31.7. The maximum Gasteiger partial charge on any atom is 0.408 e. The molecule has 0 atom stereocenters. The zero-order valence-corrected chi connectivity index (χ0v) is 22.9. The number of carbonyl (C=O) groups is 4. The summed E-state index contributed by atoms with van der Waals surface area (Å²) in [6.45, 7) is 19.9. The van der Waals surface area contributed by atoms with Gasteiger partial charge >= 0.3 is 18.0 Å². The van der Waals surface area contributed by atoms with E-state index in [4.69, 9.17) is 14.2 Å². The number of rotatable bonds is 8. The molecule has 0 aromatic rings. The van der Waals surface area contributed by atoms with Crippen molar-refractivity contribution in [2.75, 3.05) is 72.1 Å². The van der Waals surface area contributed by atoms with Gasteiger partial charge < -0.3 is 39.5 Å². The summed E-state index contributed by atoms with van der Waals surface area (Å²) >= 11 is 0. The van der Waals surface area contributed by atoms with Crippen molar-refractivity contribution in [1.29, 1.82) is 0 Å². The molecular formula is C25H43N5O7. The summed E-state index contributed by atoms with van der Waals surface area (Å²) in [6.07, 6.45) is -0.672. The summed E-state index contributed by atoms with van der Waals surface area (Å²) in [5.41, 5.74) is 0.578. The molecule has 0 aromatic carbocycles. The maximum absolute atomic E-state index is 13.1. The minimum Gasteiger partial charge on any atom is -0.459 e. The topological polar surface area (TPSA) is 130 Å². The quantitative estimate of drug-likeness (QED) is 0.345. The Morgan fingerprint density at radius 2 is 1.22 bits per heavy atom. The predicted molar refractivity (Wildman–Crippen MR) is 138 cm³/mol. The van der Waals surface area contributed by atoms with E-state index in [-0.39, 0.29) is 25.7 Å². The molecule has 0 radical (unpaired) electrons. The van der Waals surface area contributed by atoms with Crippen LogP contribution in [0.3, 0.4) is 0 Å². The molecule has 12 heteroatoms. The van der Waals surface area contributed by atoms with Gasteiger partial charge in [0.25, 0.3) is 0 Å². The average Bonchev–Trinajstić information content (AvgIpc) is 2.78. The molecule has 1 fully saturated rings. The van der Waals surface area contributed by atoms with Crippen LogP contribution in [-0.2, 0) is 28.6 Å². The molecule has 0 bridgehead atoms. The van der Waals surface area contributed by atoms with Crippen molar-refractivity contribution in [3.63, 3.8) is 0 Å². The minimum atomic E-state index is -0.680. The maximum atomic E-state index is 13.1. The fourth-order valence-corrected chi connectivity index (χ4v) is 3.38. The number of carbonyl (C=O) groups excluding carboxylic acids is 4. The van der Waals surface area contributed by atoms with Gasteiger partial charge in [-0.25, -0.2) is 4.79 Å². The third-order valence-corrected chi connectivity index (χ3v) is 5.31.